The zero-order chi connectivity index (χ0) is 24.5. The highest BCUT2D eigenvalue weighted by atomic mass is 35.5. The first-order chi connectivity index (χ1) is 16.1. The summed E-state index contributed by atoms with van der Waals surface area (Å²) in [6.07, 6.45) is -3.23. The molecule has 1 aliphatic rings. The predicted molar refractivity (Wildman–Crippen MR) is 121 cm³/mol. The number of para-hydroxylation sites is 1. The highest BCUT2D eigenvalue weighted by Crippen LogP contribution is 2.30. The number of alkyl halides is 3. The maximum atomic E-state index is 13.0. The molecule has 0 bridgehead atoms. The van der Waals surface area contributed by atoms with Crippen LogP contribution >= 0.6 is 11.6 Å². The lowest BCUT2D eigenvalue weighted by Gasteiger charge is -2.31. The molecule has 0 radical (unpaired) electrons. The first-order valence-corrected chi connectivity index (χ1v) is 11.0. The number of hydrogen-bond donors (Lipinski definition) is 1. The van der Waals surface area contributed by atoms with E-state index in [0.29, 0.717) is 16.3 Å². The lowest BCUT2D eigenvalue weighted by Crippen LogP contribution is -2.54. The largest absolute Gasteiger partial charge is 0.408 e. The van der Waals surface area contributed by atoms with Gasteiger partial charge in [-0.25, -0.2) is 4.68 Å². The Morgan fingerprint density at radius 3 is 2.44 bits per heavy atom. The van der Waals surface area contributed by atoms with Gasteiger partial charge in [-0.05, 0) is 37.1 Å². The maximum Gasteiger partial charge on any atom is 0.408 e. The normalized spacial score (nSPS) is 18.4. The van der Waals surface area contributed by atoms with Gasteiger partial charge in [0.05, 0.1) is 11.4 Å². The van der Waals surface area contributed by atoms with Gasteiger partial charge in [0.25, 0.3) is 0 Å². The number of hydrogen-bond acceptors (Lipinski definition) is 3. The quantitative estimate of drug-likeness (QED) is 0.531. The summed E-state index contributed by atoms with van der Waals surface area (Å²) in [6, 6.07) is 14.6. The Bertz CT molecular complexity index is 1180. The van der Waals surface area contributed by atoms with Gasteiger partial charge in [0.15, 0.2) is 0 Å². The van der Waals surface area contributed by atoms with Crippen molar-refractivity contribution in [2.75, 3.05) is 7.05 Å². The van der Waals surface area contributed by atoms with Gasteiger partial charge in [-0.15, -0.1) is 0 Å². The number of piperidine rings is 1. The number of nitrogens with one attached hydrogen (secondary N) is 1. The highest BCUT2D eigenvalue weighted by molar-refractivity contribution is 6.30. The molecule has 4 rings (SSSR count). The Hall–Kier alpha value is -3.33. The van der Waals surface area contributed by atoms with Crippen LogP contribution in [-0.2, 0) is 16.1 Å². The van der Waals surface area contributed by atoms with E-state index >= 15 is 0 Å². The summed E-state index contributed by atoms with van der Waals surface area (Å²) in [7, 11) is 1.52. The molecule has 2 unspecified atom stereocenters. The van der Waals surface area contributed by atoms with Gasteiger partial charge < -0.3 is 10.2 Å². The van der Waals surface area contributed by atoms with Crippen molar-refractivity contribution in [1.82, 2.24) is 20.0 Å². The number of nitrogens with zero attached hydrogens (tertiary/aromatic N) is 3. The van der Waals surface area contributed by atoms with E-state index in [1.54, 1.807) is 23.0 Å². The van der Waals surface area contributed by atoms with Crippen LogP contribution < -0.4 is 5.32 Å². The summed E-state index contributed by atoms with van der Waals surface area (Å²) in [5.74, 6) is -2.59. The second-order valence-corrected chi connectivity index (χ2v) is 8.65. The Morgan fingerprint density at radius 1 is 1.15 bits per heavy atom. The van der Waals surface area contributed by atoms with Gasteiger partial charge in [-0.3, -0.25) is 9.59 Å². The Morgan fingerprint density at radius 2 is 1.82 bits per heavy atom. The van der Waals surface area contributed by atoms with E-state index in [4.69, 9.17) is 11.6 Å². The molecule has 178 valence electrons. The molecule has 1 aliphatic heterocycles. The monoisotopic (exact) mass is 490 g/mol. The second-order valence-electron chi connectivity index (χ2n) is 8.22. The van der Waals surface area contributed by atoms with Crippen LogP contribution in [0.2, 0.25) is 5.02 Å². The average molecular weight is 491 g/mol. The lowest BCUT2D eigenvalue weighted by atomic mass is 9.92. The van der Waals surface area contributed by atoms with E-state index in [9.17, 15) is 22.8 Å². The van der Waals surface area contributed by atoms with Crippen molar-refractivity contribution < 1.29 is 22.8 Å². The average Bonchev–Trinajstić information content (AvgIpc) is 3.22. The van der Waals surface area contributed by atoms with Crippen molar-refractivity contribution in [3.63, 3.8) is 0 Å². The zero-order valence-electron chi connectivity index (χ0n) is 18.2. The van der Waals surface area contributed by atoms with Crippen LogP contribution in [0.25, 0.3) is 16.9 Å². The molecule has 10 heteroatoms. The van der Waals surface area contributed by atoms with Crippen molar-refractivity contribution in [3.05, 3.63) is 71.4 Å². The molecular formula is C24H22ClF3N4O2. The van der Waals surface area contributed by atoms with Crippen molar-refractivity contribution in [3.8, 4) is 16.9 Å². The Balaban J connectivity index is 1.57. The molecule has 0 saturated carbocycles. The minimum Gasteiger partial charge on any atom is -0.344 e. The van der Waals surface area contributed by atoms with E-state index < -0.39 is 30.0 Å². The van der Waals surface area contributed by atoms with Crippen molar-refractivity contribution in [2.45, 2.75) is 31.6 Å². The molecule has 1 N–H and O–H groups in total. The first-order valence-electron chi connectivity index (χ1n) is 10.7. The van der Waals surface area contributed by atoms with E-state index in [0.717, 1.165) is 11.3 Å². The molecule has 6 nitrogen and oxygen atoms in total. The third-order valence-electron chi connectivity index (χ3n) is 5.78. The third kappa shape index (κ3) is 5.09. The summed E-state index contributed by atoms with van der Waals surface area (Å²) in [5, 5.41) is 7.19. The van der Waals surface area contributed by atoms with Crippen molar-refractivity contribution >= 4 is 23.4 Å². The zero-order valence-corrected chi connectivity index (χ0v) is 19.0. The van der Waals surface area contributed by atoms with Crippen LogP contribution in [0, 0.1) is 5.92 Å². The number of carbonyl (C=O) groups excluding carboxylic acids is 2. The van der Waals surface area contributed by atoms with Crippen LogP contribution in [0.4, 0.5) is 13.2 Å². The number of benzene rings is 2. The van der Waals surface area contributed by atoms with Gasteiger partial charge in [0.2, 0.25) is 11.8 Å². The number of amides is 2. The topological polar surface area (TPSA) is 67.2 Å². The van der Waals surface area contributed by atoms with Crippen molar-refractivity contribution in [1.29, 1.82) is 0 Å². The first kappa shape index (κ1) is 23.8. The van der Waals surface area contributed by atoms with E-state index in [1.807, 2.05) is 47.8 Å². The molecule has 3 aromatic rings. The summed E-state index contributed by atoms with van der Waals surface area (Å²) in [5.41, 5.74) is 2.96. The standard InChI is InChI=1S/C24H22ClF3N4O2/c1-31(23(34)19-11-12-20(24(26,27)28)29-22(19)33)13-16-14-32(18-5-3-2-4-6-18)30-21(16)15-7-9-17(25)10-8-15/h2-10,14,19-20H,11-13H2,1H3,(H,29,33). The molecular weight excluding hydrogens is 469 g/mol. The molecule has 1 aromatic heterocycles. The minimum atomic E-state index is -4.53. The predicted octanol–water partition coefficient (Wildman–Crippen LogP) is 4.61. The Labute approximate surface area is 199 Å². The highest BCUT2D eigenvalue weighted by Gasteiger charge is 2.46. The maximum absolute atomic E-state index is 13.0. The van der Waals surface area contributed by atoms with E-state index in [2.05, 4.69) is 5.10 Å². The molecule has 2 heterocycles. The number of rotatable bonds is 5. The van der Waals surface area contributed by atoms with Crippen LogP contribution in [-0.4, -0.2) is 45.8 Å². The summed E-state index contributed by atoms with van der Waals surface area (Å²) in [4.78, 5) is 26.6. The number of halogens is 4. The summed E-state index contributed by atoms with van der Waals surface area (Å²) >= 11 is 6.02. The van der Waals surface area contributed by atoms with E-state index in [1.165, 1.54) is 11.9 Å². The molecule has 2 atom stereocenters. The fourth-order valence-corrected chi connectivity index (χ4v) is 4.10. The smallest absolute Gasteiger partial charge is 0.344 e. The molecule has 0 aliphatic carbocycles. The number of aromatic nitrogens is 2. The SMILES string of the molecule is CN(Cc1cn(-c2ccccc2)nc1-c1ccc(Cl)cc1)C(=O)C1CCC(C(F)(F)F)NC1=O. The van der Waals surface area contributed by atoms with Gasteiger partial charge >= 0.3 is 6.18 Å². The summed E-state index contributed by atoms with van der Waals surface area (Å²) < 4.78 is 40.5. The molecule has 2 amide bonds. The summed E-state index contributed by atoms with van der Waals surface area (Å²) in [6.45, 7) is 0.121. The molecule has 0 spiro atoms. The van der Waals surface area contributed by atoms with Gasteiger partial charge in [0.1, 0.15) is 12.0 Å². The molecule has 1 saturated heterocycles. The van der Waals surface area contributed by atoms with E-state index in [-0.39, 0.29) is 19.4 Å². The second kappa shape index (κ2) is 9.50. The minimum absolute atomic E-state index is 0.121. The molecule has 1 fully saturated rings. The fraction of sp³-hybridized carbons (Fsp3) is 0.292. The van der Waals surface area contributed by atoms with Crippen LogP contribution in [0.5, 0.6) is 0 Å². The van der Waals surface area contributed by atoms with Crippen LogP contribution in [0.15, 0.2) is 60.8 Å². The molecule has 34 heavy (non-hydrogen) atoms. The van der Waals surface area contributed by atoms with Gasteiger partial charge in [-0.1, -0.05) is 41.9 Å². The fourth-order valence-electron chi connectivity index (χ4n) is 3.98. The third-order valence-corrected chi connectivity index (χ3v) is 6.03. The molecule has 2 aromatic carbocycles. The van der Waals surface area contributed by atoms with Crippen LogP contribution in [0.1, 0.15) is 18.4 Å². The van der Waals surface area contributed by atoms with Crippen LogP contribution in [0.3, 0.4) is 0 Å². The van der Waals surface area contributed by atoms with Gasteiger partial charge in [-0.2, -0.15) is 18.3 Å². The van der Waals surface area contributed by atoms with Crippen molar-refractivity contribution in [2.24, 2.45) is 5.92 Å². The number of carbonyl (C=O) groups is 2. The van der Waals surface area contributed by atoms with Gasteiger partial charge in [0, 0.05) is 35.9 Å². The Kier molecular flexibility index (Phi) is 6.65. The lowest BCUT2D eigenvalue weighted by molar-refractivity contribution is -0.172.